The monoisotopic (exact) mass is 328 g/mol. The van der Waals surface area contributed by atoms with Crippen LogP contribution in [0.2, 0.25) is 0 Å². The van der Waals surface area contributed by atoms with Crippen molar-refractivity contribution in [2.24, 2.45) is 7.05 Å². The molecule has 1 N–H and O–H groups in total. The van der Waals surface area contributed by atoms with Crippen LogP contribution >= 0.6 is 0 Å². The summed E-state index contributed by atoms with van der Waals surface area (Å²) in [6.07, 6.45) is 6.70. The summed E-state index contributed by atoms with van der Waals surface area (Å²) in [6, 6.07) is 5.58. The molecule has 7 nitrogen and oxygen atoms in total. The highest BCUT2D eigenvalue weighted by molar-refractivity contribution is 5.76. The third-order valence-electron chi connectivity index (χ3n) is 3.66. The Morgan fingerprint density at radius 1 is 1.33 bits per heavy atom. The number of nitrogens with one attached hydrogen (secondary N) is 1. The van der Waals surface area contributed by atoms with Gasteiger partial charge >= 0.3 is 0 Å². The summed E-state index contributed by atoms with van der Waals surface area (Å²) in [4.78, 5) is 20.5. The number of hydrogen-bond donors (Lipinski definition) is 1. The van der Waals surface area contributed by atoms with Crippen LogP contribution in [0.4, 0.5) is 4.39 Å². The summed E-state index contributed by atoms with van der Waals surface area (Å²) in [5.74, 6) is 0.202. The second-order valence-corrected chi connectivity index (χ2v) is 5.36. The van der Waals surface area contributed by atoms with Gasteiger partial charge in [0.05, 0.1) is 6.54 Å². The third-order valence-corrected chi connectivity index (χ3v) is 3.66. The van der Waals surface area contributed by atoms with E-state index in [1.54, 1.807) is 35.5 Å². The lowest BCUT2D eigenvalue weighted by atomic mass is 10.1. The van der Waals surface area contributed by atoms with Crippen molar-refractivity contribution in [1.29, 1.82) is 0 Å². The van der Waals surface area contributed by atoms with E-state index in [9.17, 15) is 9.18 Å². The van der Waals surface area contributed by atoms with Gasteiger partial charge in [-0.25, -0.2) is 14.4 Å². The van der Waals surface area contributed by atoms with Crippen molar-refractivity contribution >= 4 is 5.91 Å². The Hall–Kier alpha value is -3.03. The lowest BCUT2D eigenvalue weighted by Gasteiger charge is -2.19. The lowest BCUT2D eigenvalue weighted by Crippen LogP contribution is -2.31. The molecule has 0 aliphatic heterocycles. The van der Waals surface area contributed by atoms with Gasteiger partial charge < -0.3 is 9.88 Å². The van der Waals surface area contributed by atoms with Crippen LogP contribution in [0.3, 0.4) is 0 Å². The Balaban J connectivity index is 1.76. The minimum atomic E-state index is -0.450. The van der Waals surface area contributed by atoms with Crippen molar-refractivity contribution in [2.45, 2.75) is 19.0 Å². The van der Waals surface area contributed by atoms with Gasteiger partial charge in [0.2, 0.25) is 5.91 Å². The van der Waals surface area contributed by atoms with Crippen molar-refractivity contribution in [3.63, 3.8) is 0 Å². The second-order valence-electron chi connectivity index (χ2n) is 5.36. The van der Waals surface area contributed by atoms with E-state index >= 15 is 0 Å². The number of amides is 1. The number of rotatable bonds is 6. The maximum absolute atomic E-state index is 13.2. The Kier molecular flexibility index (Phi) is 4.64. The third kappa shape index (κ3) is 3.65. The molecule has 0 saturated carbocycles. The zero-order valence-corrected chi connectivity index (χ0v) is 13.1. The summed E-state index contributed by atoms with van der Waals surface area (Å²) >= 11 is 0. The van der Waals surface area contributed by atoms with Crippen molar-refractivity contribution in [2.75, 3.05) is 0 Å². The largest absolute Gasteiger partial charge is 0.342 e. The summed E-state index contributed by atoms with van der Waals surface area (Å²) in [6.45, 7) is 0.433. The first kappa shape index (κ1) is 15.9. The predicted molar refractivity (Wildman–Crippen MR) is 84.2 cm³/mol. The highest BCUT2D eigenvalue weighted by Gasteiger charge is 2.20. The predicted octanol–water partition coefficient (Wildman–Crippen LogP) is 1.45. The molecule has 24 heavy (non-hydrogen) atoms. The minimum Gasteiger partial charge on any atom is -0.342 e. The van der Waals surface area contributed by atoms with Crippen LogP contribution in [-0.4, -0.2) is 30.2 Å². The van der Waals surface area contributed by atoms with E-state index in [0.717, 1.165) is 5.56 Å². The van der Waals surface area contributed by atoms with Crippen molar-refractivity contribution < 1.29 is 9.18 Å². The molecule has 1 aromatic carbocycles. The summed E-state index contributed by atoms with van der Waals surface area (Å²) in [5.41, 5.74) is 0.764. The molecule has 0 aliphatic carbocycles. The Morgan fingerprint density at radius 3 is 2.75 bits per heavy atom. The molecule has 0 saturated heterocycles. The fraction of sp³-hybridized carbons (Fsp3) is 0.250. The number of hydrogen-bond acceptors (Lipinski definition) is 4. The number of halogens is 1. The fourth-order valence-corrected chi connectivity index (χ4v) is 2.40. The zero-order valence-electron chi connectivity index (χ0n) is 13.1. The van der Waals surface area contributed by atoms with Crippen LogP contribution in [0.25, 0.3) is 0 Å². The van der Waals surface area contributed by atoms with Gasteiger partial charge in [-0.05, 0) is 17.7 Å². The number of benzene rings is 1. The van der Waals surface area contributed by atoms with Gasteiger partial charge in [0.15, 0.2) is 0 Å². The molecule has 2 aromatic heterocycles. The number of aryl methyl sites for hydroxylation is 2. The maximum Gasteiger partial charge on any atom is 0.222 e. The van der Waals surface area contributed by atoms with E-state index in [0.29, 0.717) is 12.4 Å². The summed E-state index contributed by atoms with van der Waals surface area (Å²) in [7, 11) is 1.85. The summed E-state index contributed by atoms with van der Waals surface area (Å²) in [5, 5.41) is 6.92. The van der Waals surface area contributed by atoms with Crippen LogP contribution in [-0.2, 0) is 18.4 Å². The Bertz CT molecular complexity index is 796. The van der Waals surface area contributed by atoms with Crippen molar-refractivity contribution in [3.05, 3.63) is 66.5 Å². The van der Waals surface area contributed by atoms with Crippen LogP contribution in [0.1, 0.15) is 23.9 Å². The average molecular weight is 328 g/mol. The van der Waals surface area contributed by atoms with Crippen LogP contribution in [0, 0.1) is 5.82 Å². The highest BCUT2D eigenvalue weighted by atomic mass is 19.1. The normalized spacial score (nSPS) is 12.1. The van der Waals surface area contributed by atoms with Crippen molar-refractivity contribution in [1.82, 2.24) is 29.6 Å². The van der Waals surface area contributed by atoms with Crippen LogP contribution < -0.4 is 5.32 Å². The Labute approximate surface area is 138 Å². The second kappa shape index (κ2) is 7.03. The first-order chi connectivity index (χ1) is 11.6. The molecule has 0 aliphatic rings. The van der Waals surface area contributed by atoms with Crippen LogP contribution in [0.15, 0.2) is 49.3 Å². The maximum atomic E-state index is 13.2. The van der Waals surface area contributed by atoms with E-state index in [1.165, 1.54) is 18.5 Å². The van der Waals surface area contributed by atoms with Gasteiger partial charge in [-0.2, -0.15) is 5.10 Å². The Morgan fingerprint density at radius 2 is 2.12 bits per heavy atom. The van der Waals surface area contributed by atoms with Crippen molar-refractivity contribution in [3.8, 4) is 0 Å². The van der Waals surface area contributed by atoms with E-state index < -0.39 is 6.04 Å². The van der Waals surface area contributed by atoms with Gasteiger partial charge in [-0.3, -0.25) is 9.48 Å². The van der Waals surface area contributed by atoms with E-state index in [1.807, 2.05) is 11.6 Å². The minimum absolute atomic E-state index is 0.150. The fourth-order valence-electron chi connectivity index (χ4n) is 2.40. The number of carbonyl (C=O) groups excluding carboxylic acids is 1. The highest BCUT2D eigenvalue weighted by Crippen LogP contribution is 2.21. The molecule has 3 rings (SSSR count). The van der Waals surface area contributed by atoms with Gasteiger partial charge in [0.1, 0.15) is 30.3 Å². The number of nitrogens with zero attached hydrogens (tertiary/aromatic N) is 5. The number of carbonyl (C=O) groups is 1. The molecule has 0 fully saturated rings. The molecule has 1 atom stereocenters. The molecule has 3 aromatic rings. The van der Waals surface area contributed by atoms with Gasteiger partial charge in [-0.1, -0.05) is 12.1 Å². The average Bonchev–Trinajstić information content (AvgIpc) is 3.23. The molecule has 0 bridgehead atoms. The van der Waals surface area contributed by atoms with Gasteiger partial charge in [0.25, 0.3) is 0 Å². The first-order valence-corrected chi connectivity index (χ1v) is 7.48. The standard InChI is InChI=1S/C16H17FN6O/c1-22-9-7-19-16(22)15(12-2-4-13(17)5-3-12)21-14(24)6-8-23-11-18-10-20-23/h2-5,7,9-11,15H,6,8H2,1H3,(H,21,24)/t15-/m0/s1. The molecule has 0 unspecified atom stereocenters. The number of imidazole rings is 1. The smallest absolute Gasteiger partial charge is 0.222 e. The summed E-state index contributed by atoms with van der Waals surface area (Å²) < 4.78 is 16.6. The SMILES string of the molecule is Cn1ccnc1[C@@H](NC(=O)CCn1cncn1)c1ccc(F)cc1. The molecular formula is C16H17FN6O. The molecule has 0 radical (unpaired) electrons. The first-order valence-electron chi connectivity index (χ1n) is 7.48. The zero-order chi connectivity index (χ0) is 16.9. The molecular weight excluding hydrogens is 311 g/mol. The van der Waals surface area contributed by atoms with Crippen LogP contribution in [0.5, 0.6) is 0 Å². The molecule has 2 heterocycles. The quantitative estimate of drug-likeness (QED) is 0.743. The van der Waals surface area contributed by atoms with E-state index in [2.05, 4.69) is 20.4 Å². The molecule has 124 valence electrons. The van der Waals surface area contributed by atoms with Gasteiger partial charge in [0, 0.05) is 25.9 Å². The topological polar surface area (TPSA) is 77.6 Å². The lowest BCUT2D eigenvalue weighted by molar-refractivity contribution is -0.121. The molecule has 8 heteroatoms. The van der Waals surface area contributed by atoms with E-state index in [4.69, 9.17) is 0 Å². The molecule has 1 amide bonds. The molecule has 0 spiro atoms. The van der Waals surface area contributed by atoms with Gasteiger partial charge in [-0.15, -0.1) is 0 Å². The van der Waals surface area contributed by atoms with E-state index in [-0.39, 0.29) is 18.1 Å². The number of aromatic nitrogens is 5.